The maximum absolute atomic E-state index is 13.0. The van der Waals surface area contributed by atoms with Crippen molar-refractivity contribution in [3.05, 3.63) is 57.2 Å². The third-order valence-electron chi connectivity index (χ3n) is 4.70. The quantitative estimate of drug-likeness (QED) is 0.695. The molecule has 0 spiro atoms. The van der Waals surface area contributed by atoms with Crippen LogP contribution >= 0.6 is 11.3 Å². The molecule has 0 radical (unpaired) electrons. The largest absolute Gasteiger partial charge is 0.477 e. The molecule has 1 atom stereocenters. The number of carbonyl (C=O) groups excluding carboxylic acids is 1. The Bertz CT molecular complexity index is 1060. The van der Waals surface area contributed by atoms with Crippen molar-refractivity contribution in [1.29, 1.82) is 0 Å². The molecule has 6 nitrogen and oxygen atoms in total. The molecule has 138 valence electrons. The molecule has 7 heteroatoms. The van der Waals surface area contributed by atoms with E-state index in [1.54, 1.807) is 6.92 Å². The Kier molecular flexibility index (Phi) is 4.39. The lowest BCUT2D eigenvalue weighted by molar-refractivity contribution is 0.0701. The van der Waals surface area contributed by atoms with Crippen molar-refractivity contribution in [2.24, 2.45) is 0 Å². The number of fused-ring (bicyclic) bond motifs is 1. The average Bonchev–Trinajstić information content (AvgIpc) is 3.42. The van der Waals surface area contributed by atoms with Crippen molar-refractivity contribution in [2.75, 3.05) is 0 Å². The van der Waals surface area contributed by atoms with Crippen molar-refractivity contribution < 1.29 is 14.7 Å². The number of rotatable bonds is 5. The van der Waals surface area contributed by atoms with E-state index in [2.05, 4.69) is 10.3 Å². The fourth-order valence-electron chi connectivity index (χ4n) is 3.11. The first-order chi connectivity index (χ1) is 12.9. The third kappa shape index (κ3) is 3.42. The van der Waals surface area contributed by atoms with Gasteiger partial charge in [-0.2, -0.15) is 0 Å². The number of hydrogen-bond donors (Lipinski definition) is 2. The minimum Gasteiger partial charge on any atom is -0.477 e. The molecule has 0 bridgehead atoms. The number of para-hydroxylation sites is 1. The Labute approximate surface area is 160 Å². The van der Waals surface area contributed by atoms with Gasteiger partial charge in [0.15, 0.2) is 0 Å². The number of nitrogens with one attached hydrogen (secondary N) is 1. The minimum absolute atomic E-state index is 0.201. The van der Waals surface area contributed by atoms with Crippen molar-refractivity contribution in [3.8, 4) is 0 Å². The highest BCUT2D eigenvalue weighted by atomic mass is 32.1. The van der Waals surface area contributed by atoms with E-state index in [4.69, 9.17) is 4.98 Å². The molecule has 0 aliphatic heterocycles. The zero-order chi connectivity index (χ0) is 19.1. The Hall–Kier alpha value is -2.80. The fraction of sp³-hybridized carbons (Fsp3) is 0.300. The van der Waals surface area contributed by atoms with Gasteiger partial charge in [-0.15, -0.1) is 11.3 Å². The number of amides is 1. The molecule has 4 rings (SSSR count). The molecule has 2 N–H and O–H groups in total. The molecule has 27 heavy (non-hydrogen) atoms. The van der Waals surface area contributed by atoms with Gasteiger partial charge in [0.1, 0.15) is 9.88 Å². The van der Waals surface area contributed by atoms with Gasteiger partial charge in [0.05, 0.1) is 22.8 Å². The number of aromatic carboxylic acids is 1. The van der Waals surface area contributed by atoms with Crippen molar-refractivity contribution in [1.82, 2.24) is 15.3 Å². The molecule has 2 heterocycles. The van der Waals surface area contributed by atoms with Gasteiger partial charge in [0, 0.05) is 17.0 Å². The van der Waals surface area contributed by atoms with Gasteiger partial charge in [0.25, 0.3) is 5.91 Å². The number of benzene rings is 1. The van der Waals surface area contributed by atoms with Crippen molar-refractivity contribution >= 4 is 34.1 Å². The Morgan fingerprint density at radius 2 is 2.00 bits per heavy atom. The molecule has 1 amide bonds. The zero-order valence-corrected chi connectivity index (χ0v) is 15.8. The molecule has 1 fully saturated rings. The van der Waals surface area contributed by atoms with Crippen LogP contribution < -0.4 is 5.32 Å². The van der Waals surface area contributed by atoms with Gasteiger partial charge < -0.3 is 10.4 Å². The number of aromatic nitrogens is 2. The molecular weight excluding hydrogens is 362 g/mol. The highest BCUT2D eigenvalue weighted by Crippen LogP contribution is 2.40. The number of hydrogen-bond acceptors (Lipinski definition) is 5. The summed E-state index contributed by atoms with van der Waals surface area (Å²) >= 11 is 1.10. The maximum Gasteiger partial charge on any atom is 0.347 e. The van der Waals surface area contributed by atoms with Gasteiger partial charge in [-0.3, -0.25) is 9.78 Å². The standard InChI is InChI=1S/C20H19N3O3S/c1-10-17(20(25)26)27-19(22-10)11(2)21-18(24)14-9-16(12-7-8-12)23-15-6-4-3-5-13(14)15/h3-6,9,11-12H,7-8H2,1-2H3,(H,21,24)(H,25,26). The highest BCUT2D eigenvalue weighted by molar-refractivity contribution is 7.13. The summed E-state index contributed by atoms with van der Waals surface area (Å²) in [4.78, 5) is 33.4. The summed E-state index contributed by atoms with van der Waals surface area (Å²) in [5.74, 6) is -0.755. The lowest BCUT2D eigenvalue weighted by atomic mass is 10.0. The highest BCUT2D eigenvalue weighted by Gasteiger charge is 2.27. The van der Waals surface area contributed by atoms with Gasteiger partial charge in [-0.25, -0.2) is 9.78 Å². The van der Waals surface area contributed by atoms with Crippen LogP contribution in [0.2, 0.25) is 0 Å². The van der Waals surface area contributed by atoms with E-state index < -0.39 is 5.97 Å². The van der Waals surface area contributed by atoms with Crippen LogP contribution in [0.5, 0.6) is 0 Å². The molecular formula is C20H19N3O3S. The lowest BCUT2D eigenvalue weighted by Crippen LogP contribution is -2.27. The first kappa shape index (κ1) is 17.6. The number of thiazole rings is 1. The number of aryl methyl sites for hydroxylation is 1. The molecule has 1 unspecified atom stereocenters. The fourth-order valence-corrected chi connectivity index (χ4v) is 4.02. The summed E-state index contributed by atoms with van der Waals surface area (Å²) < 4.78 is 0. The van der Waals surface area contributed by atoms with Crippen molar-refractivity contribution in [3.63, 3.8) is 0 Å². The first-order valence-electron chi connectivity index (χ1n) is 8.85. The second-order valence-electron chi connectivity index (χ2n) is 6.85. The van der Waals surface area contributed by atoms with E-state index >= 15 is 0 Å². The predicted octanol–water partition coefficient (Wildman–Crippen LogP) is 4.07. The number of pyridine rings is 1. The Morgan fingerprint density at radius 1 is 1.26 bits per heavy atom. The number of carbonyl (C=O) groups is 2. The maximum atomic E-state index is 13.0. The Morgan fingerprint density at radius 3 is 2.67 bits per heavy atom. The van der Waals surface area contributed by atoms with Gasteiger partial charge in [-0.1, -0.05) is 18.2 Å². The summed E-state index contributed by atoms with van der Waals surface area (Å²) in [7, 11) is 0. The summed E-state index contributed by atoms with van der Waals surface area (Å²) in [5, 5.41) is 13.6. The number of nitrogens with zero attached hydrogens (tertiary/aromatic N) is 2. The molecule has 1 aliphatic carbocycles. The monoisotopic (exact) mass is 381 g/mol. The van der Waals surface area contributed by atoms with Crippen LogP contribution in [-0.4, -0.2) is 27.0 Å². The SMILES string of the molecule is Cc1nc(C(C)NC(=O)c2cc(C3CC3)nc3ccccc23)sc1C(=O)O. The van der Waals surface area contributed by atoms with Gasteiger partial charge in [0.2, 0.25) is 0 Å². The second kappa shape index (κ2) is 6.74. The van der Waals surface area contributed by atoms with E-state index in [0.717, 1.165) is 40.8 Å². The van der Waals surface area contributed by atoms with E-state index in [1.165, 1.54) is 0 Å². The van der Waals surface area contributed by atoms with Gasteiger partial charge >= 0.3 is 5.97 Å². The molecule has 1 saturated carbocycles. The van der Waals surface area contributed by atoms with E-state index in [-0.39, 0.29) is 16.8 Å². The molecule has 1 aromatic carbocycles. The van der Waals surface area contributed by atoms with Crippen LogP contribution in [0.25, 0.3) is 10.9 Å². The van der Waals surface area contributed by atoms with Gasteiger partial charge in [-0.05, 0) is 38.8 Å². The number of carboxylic acids is 1. The summed E-state index contributed by atoms with van der Waals surface area (Å²) in [5.41, 5.74) is 2.85. The first-order valence-corrected chi connectivity index (χ1v) is 9.67. The van der Waals surface area contributed by atoms with Crippen LogP contribution in [0, 0.1) is 6.92 Å². The summed E-state index contributed by atoms with van der Waals surface area (Å²) in [6, 6.07) is 9.13. The topological polar surface area (TPSA) is 92.2 Å². The third-order valence-corrected chi connectivity index (χ3v) is 6.03. The molecule has 2 aromatic heterocycles. The Balaban J connectivity index is 1.64. The number of carboxylic acid groups (broad SMARTS) is 1. The average molecular weight is 381 g/mol. The van der Waals surface area contributed by atoms with E-state index in [0.29, 0.717) is 22.2 Å². The van der Waals surface area contributed by atoms with Crippen LogP contribution in [0.3, 0.4) is 0 Å². The lowest BCUT2D eigenvalue weighted by Gasteiger charge is -2.14. The van der Waals surface area contributed by atoms with Crippen LogP contribution in [0.4, 0.5) is 0 Å². The summed E-state index contributed by atoms with van der Waals surface area (Å²) in [6.45, 7) is 3.48. The van der Waals surface area contributed by atoms with E-state index in [9.17, 15) is 14.7 Å². The van der Waals surface area contributed by atoms with E-state index in [1.807, 2.05) is 37.3 Å². The molecule has 1 aliphatic rings. The minimum atomic E-state index is -0.996. The normalized spacial score (nSPS) is 14.9. The predicted molar refractivity (Wildman–Crippen MR) is 103 cm³/mol. The van der Waals surface area contributed by atoms with Crippen LogP contribution in [0.15, 0.2) is 30.3 Å². The van der Waals surface area contributed by atoms with Crippen LogP contribution in [0.1, 0.15) is 68.2 Å². The second-order valence-corrected chi connectivity index (χ2v) is 7.88. The smallest absolute Gasteiger partial charge is 0.347 e. The van der Waals surface area contributed by atoms with Crippen molar-refractivity contribution in [2.45, 2.75) is 38.6 Å². The molecule has 3 aromatic rings. The summed E-state index contributed by atoms with van der Waals surface area (Å²) in [6.07, 6.45) is 2.22. The molecule has 0 saturated heterocycles. The van der Waals surface area contributed by atoms with Crippen LogP contribution in [-0.2, 0) is 0 Å². The zero-order valence-electron chi connectivity index (χ0n) is 15.0.